The summed E-state index contributed by atoms with van der Waals surface area (Å²) in [5, 5.41) is 2.90. The Bertz CT molecular complexity index is 731. The van der Waals surface area contributed by atoms with Gasteiger partial charge in [0.15, 0.2) is 0 Å². The van der Waals surface area contributed by atoms with Gasteiger partial charge in [-0.1, -0.05) is 43.3 Å². The van der Waals surface area contributed by atoms with Gasteiger partial charge in [-0.15, -0.1) is 0 Å². The number of para-hydroxylation sites is 2. The first-order valence-corrected chi connectivity index (χ1v) is 8.96. The van der Waals surface area contributed by atoms with Gasteiger partial charge in [-0.25, -0.2) is 0 Å². The second-order valence-electron chi connectivity index (χ2n) is 6.16. The third kappa shape index (κ3) is 5.34. The first kappa shape index (κ1) is 19.5. The molecule has 0 spiro atoms. The summed E-state index contributed by atoms with van der Waals surface area (Å²) in [5.74, 6) is -0.279. The SMILES string of the molecule is CCc1ccccc1NC(=O)CN(C)C(=O)CN(CC)c1ccccc1. The minimum Gasteiger partial charge on any atom is -0.362 e. The van der Waals surface area contributed by atoms with Gasteiger partial charge in [0.2, 0.25) is 11.8 Å². The minimum atomic E-state index is -0.190. The fraction of sp³-hybridized carbons (Fsp3) is 0.333. The Labute approximate surface area is 155 Å². The molecule has 26 heavy (non-hydrogen) atoms. The van der Waals surface area contributed by atoms with Crippen molar-refractivity contribution in [3.05, 3.63) is 60.2 Å². The third-order valence-corrected chi connectivity index (χ3v) is 4.31. The number of nitrogens with one attached hydrogen (secondary N) is 1. The summed E-state index contributed by atoms with van der Waals surface area (Å²) in [7, 11) is 1.66. The van der Waals surface area contributed by atoms with Crippen molar-refractivity contribution in [3.63, 3.8) is 0 Å². The van der Waals surface area contributed by atoms with Gasteiger partial charge in [0.1, 0.15) is 0 Å². The van der Waals surface area contributed by atoms with E-state index < -0.39 is 0 Å². The van der Waals surface area contributed by atoms with Crippen molar-refractivity contribution in [1.82, 2.24) is 4.90 Å². The van der Waals surface area contributed by atoms with Crippen molar-refractivity contribution in [3.8, 4) is 0 Å². The van der Waals surface area contributed by atoms with Gasteiger partial charge < -0.3 is 15.1 Å². The standard InChI is InChI=1S/C21H27N3O2/c1-4-17-11-9-10-14-19(17)22-20(25)15-23(3)21(26)16-24(5-2)18-12-7-6-8-13-18/h6-14H,4-5,15-16H2,1-3H3,(H,22,25). The Morgan fingerprint density at radius 2 is 1.58 bits per heavy atom. The quantitative estimate of drug-likeness (QED) is 0.793. The zero-order chi connectivity index (χ0) is 18.9. The van der Waals surface area contributed by atoms with E-state index in [0.717, 1.165) is 29.9 Å². The lowest BCUT2D eigenvalue weighted by Gasteiger charge is -2.25. The van der Waals surface area contributed by atoms with E-state index in [1.807, 2.05) is 73.3 Å². The molecule has 5 heteroatoms. The first-order valence-electron chi connectivity index (χ1n) is 8.96. The normalized spacial score (nSPS) is 10.3. The summed E-state index contributed by atoms with van der Waals surface area (Å²) >= 11 is 0. The van der Waals surface area contributed by atoms with Gasteiger partial charge in [0.25, 0.3) is 0 Å². The molecular formula is C21H27N3O2. The molecule has 0 aliphatic carbocycles. The molecule has 0 unspecified atom stereocenters. The van der Waals surface area contributed by atoms with Gasteiger partial charge >= 0.3 is 0 Å². The largest absolute Gasteiger partial charge is 0.362 e. The first-order chi connectivity index (χ1) is 12.5. The molecule has 0 saturated carbocycles. The van der Waals surface area contributed by atoms with Crippen LogP contribution in [0, 0.1) is 0 Å². The fourth-order valence-corrected chi connectivity index (χ4v) is 2.75. The van der Waals surface area contributed by atoms with Crippen LogP contribution in [0.1, 0.15) is 19.4 Å². The highest BCUT2D eigenvalue weighted by molar-refractivity contribution is 5.95. The summed E-state index contributed by atoms with van der Waals surface area (Å²) in [6.45, 7) is 5.05. The van der Waals surface area contributed by atoms with Gasteiger partial charge in [-0.3, -0.25) is 9.59 Å². The average Bonchev–Trinajstić information content (AvgIpc) is 2.66. The molecule has 0 fully saturated rings. The van der Waals surface area contributed by atoms with Crippen molar-refractivity contribution < 1.29 is 9.59 Å². The second-order valence-corrected chi connectivity index (χ2v) is 6.16. The monoisotopic (exact) mass is 353 g/mol. The molecule has 1 N–H and O–H groups in total. The zero-order valence-corrected chi connectivity index (χ0v) is 15.7. The lowest BCUT2D eigenvalue weighted by molar-refractivity contribution is -0.132. The molecule has 0 aliphatic rings. The molecule has 2 aromatic rings. The van der Waals surface area contributed by atoms with E-state index >= 15 is 0 Å². The smallest absolute Gasteiger partial charge is 0.243 e. The molecule has 0 aliphatic heterocycles. The molecule has 0 saturated heterocycles. The highest BCUT2D eigenvalue weighted by Crippen LogP contribution is 2.15. The van der Waals surface area contributed by atoms with Crippen LogP contribution in [0.25, 0.3) is 0 Å². The number of carbonyl (C=O) groups excluding carboxylic acids is 2. The molecule has 0 atom stereocenters. The summed E-state index contributed by atoms with van der Waals surface area (Å²) < 4.78 is 0. The van der Waals surface area contributed by atoms with Crippen molar-refractivity contribution >= 4 is 23.2 Å². The molecule has 138 valence electrons. The molecule has 2 aromatic carbocycles. The molecule has 0 aromatic heterocycles. The van der Waals surface area contributed by atoms with Crippen LogP contribution in [-0.4, -0.2) is 43.4 Å². The van der Waals surface area contributed by atoms with E-state index in [9.17, 15) is 9.59 Å². The number of nitrogens with zero attached hydrogens (tertiary/aromatic N) is 2. The van der Waals surface area contributed by atoms with E-state index in [4.69, 9.17) is 0 Å². The van der Waals surface area contributed by atoms with E-state index in [1.54, 1.807) is 7.05 Å². The lowest BCUT2D eigenvalue weighted by atomic mass is 10.1. The Balaban J connectivity index is 1.92. The molecular weight excluding hydrogens is 326 g/mol. The third-order valence-electron chi connectivity index (χ3n) is 4.31. The number of carbonyl (C=O) groups is 2. The van der Waals surface area contributed by atoms with Gasteiger partial charge in [-0.2, -0.15) is 0 Å². The van der Waals surface area contributed by atoms with Crippen LogP contribution < -0.4 is 10.2 Å². The van der Waals surface area contributed by atoms with Crippen molar-refractivity contribution in [2.24, 2.45) is 0 Å². The predicted octanol–water partition coefficient (Wildman–Crippen LogP) is 3.17. The number of hydrogen-bond donors (Lipinski definition) is 1. The molecule has 2 amide bonds. The molecule has 2 rings (SSSR count). The van der Waals surface area contributed by atoms with Gasteiger partial charge in [0, 0.05) is 25.0 Å². The van der Waals surface area contributed by atoms with Crippen molar-refractivity contribution in [2.45, 2.75) is 20.3 Å². The lowest BCUT2D eigenvalue weighted by Crippen LogP contribution is -2.41. The predicted molar refractivity (Wildman–Crippen MR) is 106 cm³/mol. The molecule has 0 bridgehead atoms. The number of rotatable bonds is 8. The molecule has 5 nitrogen and oxygen atoms in total. The van der Waals surface area contributed by atoms with E-state index in [2.05, 4.69) is 5.32 Å². The topological polar surface area (TPSA) is 52.7 Å². The summed E-state index contributed by atoms with van der Waals surface area (Å²) in [6, 6.07) is 17.5. The van der Waals surface area contributed by atoms with Crippen LogP contribution in [0.2, 0.25) is 0 Å². The summed E-state index contributed by atoms with van der Waals surface area (Å²) in [6.07, 6.45) is 0.841. The summed E-state index contributed by atoms with van der Waals surface area (Å²) in [4.78, 5) is 28.3. The number of likely N-dealkylation sites (N-methyl/N-ethyl adjacent to an activating group) is 2. The Hall–Kier alpha value is -2.82. The number of benzene rings is 2. The van der Waals surface area contributed by atoms with Crippen LogP contribution >= 0.6 is 0 Å². The highest BCUT2D eigenvalue weighted by atomic mass is 16.2. The van der Waals surface area contributed by atoms with E-state index in [-0.39, 0.29) is 24.9 Å². The Morgan fingerprint density at radius 1 is 0.923 bits per heavy atom. The number of anilines is 2. The van der Waals surface area contributed by atoms with E-state index in [1.165, 1.54) is 4.90 Å². The Kier molecular flexibility index (Phi) is 7.21. The van der Waals surface area contributed by atoms with Crippen LogP contribution in [0.4, 0.5) is 11.4 Å². The van der Waals surface area contributed by atoms with Gasteiger partial charge in [0.05, 0.1) is 13.1 Å². The molecule has 0 radical (unpaired) electrons. The zero-order valence-electron chi connectivity index (χ0n) is 15.7. The molecule has 0 heterocycles. The van der Waals surface area contributed by atoms with Crippen LogP contribution in [0.15, 0.2) is 54.6 Å². The van der Waals surface area contributed by atoms with Crippen LogP contribution in [-0.2, 0) is 16.0 Å². The highest BCUT2D eigenvalue weighted by Gasteiger charge is 2.17. The maximum absolute atomic E-state index is 12.5. The second kappa shape index (κ2) is 9.61. The van der Waals surface area contributed by atoms with Crippen molar-refractivity contribution in [1.29, 1.82) is 0 Å². The van der Waals surface area contributed by atoms with Crippen LogP contribution in [0.5, 0.6) is 0 Å². The minimum absolute atomic E-state index is 0.0310. The summed E-state index contributed by atoms with van der Waals surface area (Å²) in [5.41, 5.74) is 2.88. The fourth-order valence-electron chi connectivity index (χ4n) is 2.75. The number of aryl methyl sites for hydroxylation is 1. The number of hydrogen-bond acceptors (Lipinski definition) is 3. The number of amides is 2. The van der Waals surface area contributed by atoms with Crippen molar-refractivity contribution in [2.75, 3.05) is 36.9 Å². The maximum Gasteiger partial charge on any atom is 0.243 e. The average molecular weight is 353 g/mol. The Morgan fingerprint density at radius 3 is 2.23 bits per heavy atom. The van der Waals surface area contributed by atoms with E-state index in [0.29, 0.717) is 0 Å². The van der Waals surface area contributed by atoms with Crippen LogP contribution in [0.3, 0.4) is 0 Å². The van der Waals surface area contributed by atoms with Gasteiger partial charge in [-0.05, 0) is 37.1 Å². The maximum atomic E-state index is 12.5.